The SMILES string of the molecule is CC1CCC(N(CCN(C)C)C(=O)/C=C/c2ccc(F)c(F)c2)CC1.Cl. The summed E-state index contributed by atoms with van der Waals surface area (Å²) < 4.78 is 26.3. The molecule has 0 unspecified atom stereocenters. The van der Waals surface area contributed by atoms with Crippen LogP contribution in [-0.2, 0) is 4.79 Å². The van der Waals surface area contributed by atoms with E-state index in [-0.39, 0.29) is 24.4 Å². The number of carbonyl (C=O) groups is 1. The molecular weight excluding hydrogens is 358 g/mol. The number of nitrogens with zero attached hydrogens (tertiary/aromatic N) is 2. The Bertz CT molecular complexity index is 614. The second-order valence-electron chi connectivity index (χ2n) is 7.26. The quantitative estimate of drug-likeness (QED) is 0.678. The van der Waals surface area contributed by atoms with Gasteiger partial charge < -0.3 is 9.80 Å². The maximum Gasteiger partial charge on any atom is 0.246 e. The second-order valence-corrected chi connectivity index (χ2v) is 7.26. The molecule has 1 amide bonds. The molecule has 146 valence electrons. The first-order valence-corrected chi connectivity index (χ1v) is 8.95. The summed E-state index contributed by atoms with van der Waals surface area (Å²) >= 11 is 0. The van der Waals surface area contributed by atoms with E-state index in [4.69, 9.17) is 0 Å². The van der Waals surface area contributed by atoms with E-state index in [9.17, 15) is 13.6 Å². The van der Waals surface area contributed by atoms with Gasteiger partial charge in [-0.15, -0.1) is 12.4 Å². The number of hydrogen-bond donors (Lipinski definition) is 0. The van der Waals surface area contributed by atoms with Crippen LogP contribution < -0.4 is 0 Å². The molecule has 1 aromatic rings. The molecule has 0 N–H and O–H groups in total. The molecule has 0 radical (unpaired) electrons. The molecule has 1 aliphatic rings. The Labute approximate surface area is 161 Å². The van der Waals surface area contributed by atoms with Gasteiger partial charge in [-0.05, 0) is 69.5 Å². The Kier molecular flexibility index (Phi) is 9.23. The van der Waals surface area contributed by atoms with Crippen molar-refractivity contribution in [2.45, 2.75) is 38.6 Å². The largest absolute Gasteiger partial charge is 0.335 e. The molecule has 0 heterocycles. The fourth-order valence-corrected chi connectivity index (χ4v) is 3.21. The van der Waals surface area contributed by atoms with Crippen LogP contribution in [0, 0.1) is 17.6 Å². The van der Waals surface area contributed by atoms with Gasteiger partial charge >= 0.3 is 0 Å². The summed E-state index contributed by atoms with van der Waals surface area (Å²) in [7, 11) is 3.98. The fourth-order valence-electron chi connectivity index (χ4n) is 3.21. The highest BCUT2D eigenvalue weighted by atomic mass is 35.5. The first-order valence-electron chi connectivity index (χ1n) is 8.95. The molecule has 26 heavy (non-hydrogen) atoms. The van der Waals surface area contributed by atoms with Crippen LogP contribution >= 0.6 is 12.4 Å². The third-order valence-corrected chi connectivity index (χ3v) is 4.86. The highest BCUT2D eigenvalue weighted by molar-refractivity contribution is 5.92. The van der Waals surface area contributed by atoms with E-state index < -0.39 is 11.6 Å². The average Bonchev–Trinajstić information content (AvgIpc) is 2.57. The molecule has 0 saturated heterocycles. The van der Waals surface area contributed by atoms with E-state index >= 15 is 0 Å². The number of amides is 1. The number of halogens is 3. The number of carbonyl (C=O) groups excluding carboxylic acids is 1. The minimum atomic E-state index is -0.902. The molecule has 0 aromatic heterocycles. The van der Waals surface area contributed by atoms with Crippen molar-refractivity contribution in [3.05, 3.63) is 41.5 Å². The zero-order valence-electron chi connectivity index (χ0n) is 15.8. The van der Waals surface area contributed by atoms with Gasteiger partial charge in [0.05, 0.1) is 0 Å². The van der Waals surface area contributed by atoms with Crippen LogP contribution in [0.15, 0.2) is 24.3 Å². The minimum absolute atomic E-state index is 0. The second kappa shape index (κ2) is 10.6. The summed E-state index contributed by atoms with van der Waals surface area (Å²) in [6.45, 7) is 3.73. The molecule has 2 rings (SSSR count). The molecule has 1 aromatic carbocycles. The van der Waals surface area contributed by atoms with Crippen LogP contribution in [0.2, 0.25) is 0 Å². The molecule has 1 saturated carbocycles. The Morgan fingerprint density at radius 1 is 1.12 bits per heavy atom. The van der Waals surface area contributed by atoms with E-state index in [1.165, 1.54) is 12.1 Å². The van der Waals surface area contributed by atoms with Crippen LogP contribution in [0.1, 0.15) is 38.2 Å². The predicted octanol–water partition coefficient (Wildman–Crippen LogP) is 4.37. The van der Waals surface area contributed by atoms with Gasteiger partial charge in [-0.3, -0.25) is 4.79 Å². The molecular formula is C20H29ClF2N2O. The smallest absolute Gasteiger partial charge is 0.246 e. The average molecular weight is 387 g/mol. The first-order chi connectivity index (χ1) is 11.9. The van der Waals surface area contributed by atoms with Crippen molar-refractivity contribution in [3.8, 4) is 0 Å². The van der Waals surface area contributed by atoms with Crippen molar-refractivity contribution in [2.24, 2.45) is 5.92 Å². The third-order valence-electron chi connectivity index (χ3n) is 4.86. The molecule has 1 aliphatic carbocycles. The van der Waals surface area contributed by atoms with E-state index in [0.29, 0.717) is 12.1 Å². The van der Waals surface area contributed by atoms with Crippen LogP contribution in [0.5, 0.6) is 0 Å². The van der Waals surface area contributed by atoms with Crippen molar-refractivity contribution in [2.75, 3.05) is 27.2 Å². The van der Waals surface area contributed by atoms with Crippen molar-refractivity contribution in [1.29, 1.82) is 0 Å². The van der Waals surface area contributed by atoms with Crippen LogP contribution in [0.25, 0.3) is 6.08 Å². The Morgan fingerprint density at radius 3 is 2.35 bits per heavy atom. The summed E-state index contributed by atoms with van der Waals surface area (Å²) in [5, 5.41) is 0. The van der Waals surface area contributed by atoms with Gasteiger partial charge in [0, 0.05) is 25.2 Å². The molecule has 3 nitrogen and oxygen atoms in total. The zero-order valence-corrected chi connectivity index (χ0v) is 16.6. The summed E-state index contributed by atoms with van der Waals surface area (Å²) in [6.07, 6.45) is 7.37. The molecule has 1 fully saturated rings. The van der Waals surface area contributed by atoms with Crippen LogP contribution in [0.3, 0.4) is 0 Å². The Balaban J connectivity index is 0.00000338. The van der Waals surface area contributed by atoms with Gasteiger partial charge in [0.2, 0.25) is 5.91 Å². The molecule has 0 spiro atoms. The highest BCUT2D eigenvalue weighted by Gasteiger charge is 2.26. The lowest BCUT2D eigenvalue weighted by molar-refractivity contribution is -0.129. The van der Waals surface area contributed by atoms with E-state index in [1.807, 2.05) is 19.0 Å². The normalized spacial score (nSPS) is 20.2. The van der Waals surface area contributed by atoms with Gasteiger partial charge in [-0.2, -0.15) is 0 Å². The summed E-state index contributed by atoms with van der Waals surface area (Å²) in [6, 6.07) is 3.91. The highest BCUT2D eigenvalue weighted by Crippen LogP contribution is 2.27. The maximum atomic E-state index is 13.3. The third kappa shape index (κ3) is 6.69. The predicted molar refractivity (Wildman–Crippen MR) is 104 cm³/mol. The van der Waals surface area contributed by atoms with Gasteiger partial charge in [-0.25, -0.2) is 8.78 Å². The van der Waals surface area contributed by atoms with Crippen LogP contribution in [0.4, 0.5) is 8.78 Å². The minimum Gasteiger partial charge on any atom is -0.335 e. The number of benzene rings is 1. The summed E-state index contributed by atoms with van der Waals surface area (Å²) in [4.78, 5) is 16.7. The van der Waals surface area contributed by atoms with Gasteiger partial charge in [-0.1, -0.05) is 13.0 Å². The topological polar surface area (TPSA) is 23.6 Å². The van der Waals surface area contributed by atoms with Crippen molar-refractivity contribution >= 4 is 24.4 Å². The lowest BCUT2D eigenvalue weighted by Crippen LogP contribution is -2.44. The Morgan fingerprint density at radius 2 is 1.77 bits per heavy atom. The lowest BCUT2D eigenvalue weighted by atomic mass is 9.86. The number of hydrogen-bond acceptors (Lipinski definition) is 2. The molecule has 0 aliphatic heterocycles. The van der Waals surface area contributed by atoms with Crippen molar-refractivity contribution < 1.29 is 13.6 Å². The first kappa shape index (κ1) is 22.6. The van der Waals surface area contributed by atoms with Crippen LogP contribution in [-0.4, -0.2) is 48.9 Å². The fraction of sp³-hybridized carbons (Fsp3) is 0.550. The van der Waals surface area contributed by atoms with E-state index in [1.54, 1.807) is 6.08 Å². The van der Waals surface area contributed by atoms with Gasteiger partial charge in [0.25, 0.3) is 0 Å². The molecule has 0 atom stereocenters. The van der Waals surface area contributed by atoms with E-state index in [0.717, 1.165) is 50.3 Å². The zero-order chi connectivity index (χ0) is 18.4. The summed E-state index contributed by atoms with van der Waals surface area (Å²) in [5.41, 5.74) is 0.483. The van der Waals surface area contributed by atoms with Crippen molar-refractivity contribution in [3.63, 3.8) is 0 Å². The standard InChI is InChI=1S/C20H28F2N2O.ClH/c1-15-4-8-17(9-5-15)24(13-12-23(2)3)20(25)11-7-16-6-10-18(21)19(22)14-16;/h6-7,10-11,14-15,17H,4-5,8-9,12-13H2,1-3H3;1H/b11-7+;. The maximum absolute atomic E-state index is 13.3. The number of likely N-dealkylation sites (N-methyl/N-ethyl adjacent to an activating group) is 1. The Hall–Kier alpha value is -1.46. The molecule has 0 bridgehead atoms. The monoisotopic (exact) mass is 386 g/mol. The van der Waals surface area contributed by atoms with Gasteiger partial charge in [0.15, 0.2) is 11.6 Å². The summed E-state index contributed by atoms with van der Waals surface area (Å²) in [5.74, 6) is -1.13. The lowest BCUT2D eigenvalue weighted by Gasteiger charge is -2.36. The van der Waals surface area contributed by atoms with Crippen molar-refractivity contribution in [1.82, 2.24) is 9.80 Å². The number of rotatable bonds is 6. The van der Waals surface area contributed by atoms with E-state index in [2.05, 4.69) is 11.8 Å². The van der Waals surface area contributed by atoms with Gasteiger partial charge in [0.1, 0.15) is 0 Å². The molecule has 6 heteroatoms.